The number of nitrogens with zero attached hydrogens (tertiary/aromatic N) is 1. The summed E-state index contributed by atoms with van der Waals surface area (Å²) in [6, 6.07) is -0.162. The summed E-state index contributed by atoms with van der Waals surface area (Å²) in [5, 5.41) is -0.286. The Balaban J connectivity index is 2.82. The van der Waals surface area contributed by atoms with Gasteiger partial charge in [-0.15, -0.1) is 0 Å². The Labute approximate surface area is 96.8 Å². The topological polar surface area (TPSA) is 63.7 Å². The Morgan fingerprint density at radius 2 is 2.06 bits per heavy atom. The first kappa shape index (κ1) is 13.4. The summed E-state index contributed by atoms with van der Waals surface area (Å²) in [6.45, 7) is 3.53. The maximum absolute atomic E-state index is 12.1. The Morgan fingerprint density at radius 1 is 1.50 bits per heavy atom. The van der Waals surface area contributed by atoms with Gasteiger partial charge >= 0.3 is 5.97 Å². The first-order chi connectivity index (χ1) is 7.43. The third kappa shape index (κ3) is 2.95. The molecular formula is C10H19NO4S. The third-order valence-corrected chi connectivity index (χ3v) is 5.32. The van der Waals surface area contributed by atoms with Crippen molar-refractivity contribution in [3.8, 4) is 0 Å². The lowest BCUT2D eigenvalue weighted by Crippen LogP contribution is -2.43. The molecule has 1 rings (SSSR count). The van der Waals surface area contributed by atoms with Crippen LogP contribution in [0.25, 0.3) is 0 Å². The van der Waals surface area contributed by atoms with E-state index in [1.54, 1.807) is 0 Å². The summed E-state index contributed by atoms with van der Waals surface area (Å²) in [6.07, 6.45) is 2.09. The molecule has 0 radical (unpaired) electrons. The third-order valence-electron chi connectivity index (χ3n) is 2.87. The summed E-state index contributed by atoms with van der Waals surface area (Å²) in [5.74, 6) is -0.510. The summed E-state index contributed by atoms with van der Waals surface area (Å²) < 4.78 is 29.9. The molecule has 1 atom stereocenters. The molecular weight excluding hydrogens is 230 g/mol. The molecule has 16 heavy (non-hydrogen) atoms. The fourth-order valence-electron chi connectivity index (χ4n) is 1.45. The monoisotopic (exact) mass is 249 g/mol. The SMILES string of the molecule is CCC(C)N(CC(=O)OC)S(=O)(=O)C1CC1. The van der Waals surface area contributed by atoms with Gasteiger partial charge < -0.3 is 4.74 Å². The zero-order valence-corrected chi connectivity index (χ0v) is 10.8. The lowest BCUT2D eigenvalue weighted by atomic mass is 10.2. The molecule has 1 unspecified atom stereocenters. The average Bonchev–Trinajstić information content (AvgIpc) is 3.07. The molecule has 94 valence electrons. The second kappa shape index (κ2) is 5.14. The highest BCUT2D eigenvalue weighted by molar-refractivity contribution is 7.90. The van der Waals surface area contributed by atoms with Crippen molar-refractivity contribution < 1.29 is 17.9 Å². The number of hydrogen-bond acceptors (Lipinski definition) is 4. The van der Waals surface area contributed by atoms with Crippen molar-refractivity contribution in [1.29, 1.82) is 0 Å². The fourth-order valence-corrected chi connectivity index (χ4v) is 3.50. The number of hydrogen-bond donors (Lipinski definition) is 0. The lowest BCUT2D eigenvalue weighted by Gasteiger charge is -2.26. The highest BCUT2D eigenvalue weighted by Crippen LogP contribution is 2.32. The molecule has 0 amide bonds. The highest BCUT2D eigenvalue weighted by Gasteiger charge is 2.42. The maximum atomic E-state index is 12.1. The number of methoxy groups -OCH3 is 1. The number of sulfonamides is 1. The summed E-state index contributed by atoms with van der Waals surface area (Å²) >= 11 is 0. The van der Waals surface area contributed by atoms with E-state index >= 15 is 0 Å². The Hall–Kier alpha value is -0.620. The van der Waals surface area contributed by atoms with Crippen molar-refractivity contribution in [2.75, 3.05) is 13.7 Å². The van der Waals surface area contributed by atoms with Gasteiger partial charge in [0.1, 0.15) is 6.54 Å². The standard InChI is InChI=1S/C10H19NO4S/c1-4-8(2)11(7-10(12)15-3)16(13,14)9-5-6-9/h8-9H,4-7H2,1-3H3. The van der Waals surface area contributed by atoms with Crippen LogP contribution in [0.3, 0.4) is 0 Å². The molecule has 6 heteroatoms. The first-order valence-electron chi connectivity index (χ1n) is 5.51. The van der Waals surface area contributed by atoms with Crippen LogP contribution in [-0.2, 0) is 19.6 Å². The van der Waals surface area contributed by atoms with Crippen LogP contribution in [0.4, 0.5) is 0 Å². The minimum atomic E-state index is -3.31. The van der Waals surface area contributed by atoms with Gasteiger partial charge in [0.25, 0.3) is 0 Å². The highest BCUT2D eigenvalue weighted by atomic mass is 32.2. The Bertz CT molecular complexity index is 348. The molecule has 0 aromatic heterocycles. The largest absolute Gasteiger partial charge is 0.468 e. The van der Waals surface area contributed by atoms with Gasteiger partial charge in [0, 0.05) is 6.04 Å². The molecule has 1 saturated carbocycles. The molecule has 0 aliphatic heterocycles. The normalized spacial score (nSPS) is 18.5. The number of ether oxygens (including phenoxy) is 1. The predicted molar refractivity (Wildman–Crippen MR) is 60.4 cm³/mol. The quantitative estimate of drug-likeness (QED) is 0.652. The van der Waals surface area contributed by atoms with E-state index in [1.165, 1.54) is 11.4 Å². The van der Waals surface area contributed by atoms with E-state index in [0.717, 1.165) is 0 Å². The number of esters is 1. The van der Waals surface area contributed by atoms with E-state index in [1.807, 2.05) is 13.8 Å². The van der Waals surface area contributed by atoms with Crippen molar-refractivity contribution in [1.82, 2.24) is 4.31 Å². The fraction of sp³-hybridized carbons (Fsp3) is 0.900. The summed E-state index contributed by atoms with van der Waals surface area (Å²) in [7, 11) is -2.05. The van der Waals surface area contributed by atoms with E-state index in [9.17, 15) is 13.2 Å². The lowest BCUT2D eigenvalue weighted by molar-refractivity contribution is -0.141. The first-order valence-corrected chi connectivity index (χ1v) is 7.01. The average molecular weight is 249 g/mol. The van der Waals surface area contributed by atoms with Crippen molar-refractivity contribution in [2.45, 2.75) is 44.4 Å². The molecule has 5 nitrogen and oxygen atoms in total. The molecule has 0 spiro atoms. The number of carbonyl (C=O) groups is 1. The molecule has 0 aromatic carbocycles. The molecule has 1 aliphatic carbocycles. The van der Waals surface area contributed by atoms with Crippen molar-refractivity contribution in [3.63, 3.8) is 0 Å². The van der Waals surface area contributed by atoms with Crippen LogP contribution in [0.5, 0.6) is 0 Å². The van der Waals surface area contributed by atoms with E-state index in [2.05, 4.69) is 4.74 Å². The minimum Gasteiger partial charge on any atom is -0.468 e. The second-order valence-electron chi connectivity index (χ2n) is 4.12. The molecule has 1 fully saturated rings. The van der Waals surface area contributed by atoms with Crippen LogP contribution < -0.4 is 0 Å². The van der Waals surface area contributed by atoms with Gasteiger partial charge in [-0.3, -0.25) is 4.79 Å². The molecule has 0 saturated heterocycles. The number of rotatable bonds is 6. The Kier molecular flexibility index (Phi) is 4.32. The molecule has 0 bridgehead atoms. The van der Waals surface area contributed by atoms with Crippen LogP contribution in [0.2, 0.25) is 0 Å². The van der Waals surface area contributed by atoms with Crippen LogP contribution in [0.15, 0.2) is 0 Å². The van der Waals surface area contributed by atoms with Gasteiger partial charge in [-0.1, -0.05) is 6.92 Å². The van der Waals surface area contributed by atoms with E-state index in [4.69, 9.17) is 0 Å². The zero-order valence-electron chi connectivity index (χ0n) is 9.97. The van der Waals surface area contributed by atoms with E-state index < -0.39 is 16.0 Å². The van der Waals surface area contributed by atoms with Crippen LogP contribution in [-0.4, -0.2) is 43.6 Å². The van der Waals surface area contributed by atoms with Crippen molar-refractivity contribution in [3.05, 3.63) is 0 Å². The van der Waals surface area contributed by atoms with Crippen LogP contribution in [0.1, 0.15) is 33.1 Å². The molecule has 1 aliphatic rings. The van der Waals surface area contributed by atoms with Gasteiger partial charge in [-0.05, 0) is 26.2 Å². The van der Waals surface area contributed by atoms with Crippen molar-refractivity contribution in [2.24, 2.45) is 0 Å². The Morgan fingerprint density at radius 3 is 2.44 bits per heavy atom. The van der Waals surface area contributed by atoms with Crippen LogP contribution >= 0.6 is 0 Å². The maximum Gasteiger partial charge on any atom is 0.321 e. The zero-order chi connectivity index (χ0) is 12.3. The smallest absolute Gasteiger partial charge is 0.321 e. The summed E-state index contributed by atoms with van der Waals surface area (Å²) in [4.78, 5) is 11.2. The predicted octanol–water partition coefficient (Wildman–Crippen LogP) is 0.752. The van der Waals surface area contributed by atoms with Crippen LogP contribution in [0, 0.1) is 0 Å². The van der Waals surface area contributed by atoms with Gasteiger partial charge in [0.05, 0.1) is 12.4 Å². The second-order valence-corrected chi connectivity index (χ2v) is 6.29. The van der Waals surface area contributed by atoms with Crippen molar-refractivity contribution >= 4 is 16.0 Å². The van der Waals surface area contributed by atoms with E-state index in [-0.39, 0.29) is 17.8 Å². The number of carbonyl (C=O) groups excluding carboxylic acids is 1. The van der Waals surface area contributed by atoms with Gasteiger partial charge in [0.15, 0.2) is 0 Å². The van der Waals surface area contributed by atoms with Gasteiger partial charge in [0.2, 0.25) is 10.0 Å². The molecule has 0 heterocycles. The summed E-state index contributed by atoms with van der Waals surface area (Å²) in [5.41, 5.74) is 0. The van der Waals surface area contributed by atoms with Gasteiger partial charge in [-0.2, -0.15) is 4.31 Å². The molecule has 0 aromatic rings. The molecule has 0 N–H and O–H groups in total. The minimum absolute atomic E-state index is 0.162. The van der Waals surface area contributed by atoms with Gasteiger partial charge in [-0.25, -0.2) is 8.42 Å². The van der Waals surface area contributed by atoms with E-state index in [0.29, 0.717) is 19.3 Å².